The lowest BCUT2D eigenvalue weighted by Gasteiger charge is -2.43. The van der Waals surface area contributed by atoms with Gasteiger partial charge < -0.3 is 9.46 Å². The molecule has 2 nitrogen and oxygen atoms in total. The van der Waals surface area contributed by atoms with Crippen molar-refractivity contribution in [1.82, 2.24) is 0 Å². The average Bonchev–Trinajstić information content (AvgIpc) is 2.84. The fourth-order valence-corrected chi connectivity index (χ4v) is 7.94. The Morgan fingerprint density at radius 2 is 1.13 bits per heavy atom. The van der Waals surface area contributed by atoms with Gasteiger partial charge in [-0.2, -0.15) is 0 Å². The van der Waals surface area contributed by atoms with Crippen molar-refractivity contribution in [2.24, 2.45) is 0 Å². The molecule has 5 rings (SSSR count). The zero-order valence-corrected chi connectivity index (χ0v) is 17.7. The third-order valence-electron chi connectivity index (χ3n) is 5.96. The van der Waals surface area contributed by atoms with E-state index in [1.54, 1.807) is 0 Å². The van der Waals surface area contributed by atoms with Crippen LogP contribution in [0.15, 0.2) is 115 Å². The molecule has 4 aromatic carbocycles. The molecule has 148 valence electrons. The van der Waals surface area contributed by atoms with Crippen LogP contribution in [0, 0.1) is 0 Å². The molecule has 0 N–H and O–H groups in total. The lowest BCUT2D eigenvalue weighted by molar-refractivity contribution is 0.569. The second-order valence-electron chi connectivity index (χ2n) is 7.68. The van der Waals surface area contributed by atoms with Crippen molar-refractivity contribution >= 4 is 23.4 Å². The first kappa shape index (κ1) is 18.9. The van der Waals surface area contributed by atoms with Crippen LogP contribution < -0.4 is 15.5 Å². The lowest BCUT2D eigenvalue weighted by Crippen LogP contribution is -2.39. The molecule has 0 saturated carbocycles. The minimum atomic E-state index is -3.03. The topological polar surface area (TPSA) is 20.3 Å². The summed E-state index contributed by atoms with van der Waals surface area (Å²) in [6, 6.07) is 38.9. The molecule has 0 aromatic heterocycles. The fourth-order valence-electron chi connectivity index (χ4n) is 4.56. The highest BCUT2D eigenvalue weighted by molar-refractivity contribution is 7.79. The highest BCUT2D eigenvalue weighted by Gasteiger charge is 2.44. The van der Waals surface area contributed by atoms with Crippen LogP contribution in [0.4, 0.5) is 5.69 Å². The maximum atomic E-state index is 15.3. The molecule has 1 aliphatic heterocycles. The van der Waals surface area contributed by atoms with E-state index in [2.05, 4.69) is 53.4 Å². The second kappa shape index (κ2) is 7.97. The van der Waals surface area contributed by atoms with E-state index in [0.717, 1.165) is 29.3 Å². The van der Waals surface area contributed by atoms with Crippen molar-refractivity contribution in [2.75, 3.05) is 11.4 Å². The first-order valence-electron chi connectivity index (χ1n) is 10.4. The highest BCUT2D eigenvalue weighted by Crippen LogP contribution is 2.61. The monoisotopic (exact) mass is 409 g/mol. The Morgan fingerprint density at radius 1 is 0.633 bits per heavy atom. The minimum Gasteiger partial charge on any atom is -0.357 e. The van der Waals surface area contributed by atoms with Crippen LogP contribution in [-0.2, 0) is 11.0 Å². The normalized spacial score (nSPS) is 16.1. The van der Waals surface area contributed by atoms with E-state index in [1.165, 1.54) is 11.1 Å². The molecule has 0 amide bonds. The van der Waals surface area contributed by atoms with Crippen molar-refractivity contribution < 1.29 is 4.57 Å². The van der Waals surface area contributed by atoms with Gasteiger partial charge in [0.15, 0.2) is 7.14 Å². The maximum absolute atomic E-state index is 15.3. The van der Waals surface area contributed by atoms with Crippen LogP contribution in [0.2, 0.25) is 0 Å². The molecule has 1 aliphatic rings. The summed E-state index contributed by atoms with van der Waals surface area (Å²) in [7, 11) is -3.03. The van der Waals surface area contributed by atoms with E-state index in [4.69, 9.17) is 0 Å². The third-order valence-corrected chi connectivity index (χ3v) is 9.34. The van der Waals surface area contributed by atoms with Crippen molar-refractivity contribution in [3.8, 4) is 0 Å². The number of hydrogen-bond acceptors (Lipinski definition) is 2. The molecule has 3 heteroatoms. The second-order valence-corrected chi connectivity index (χ2v) is 10.5. The minimum absolute atomic E-state index is 0.241. The Hall–Kier alpha value is -3.09. The van der Waals surface area contributed by atoms with Crippen LogP contribution in [0.5, 0.6) is 0 Å². The summed E-state index contributed by atoms with van der Waals surface area (Å²) < 4.78 is 15.3. The van der Waals surface area contributed by atoms with E-state index >= 15 is 4.57 Å². The fraction of sp³-hybridized carbons (Fsp3) is 0.111. The predicted molar refractivity (Wildman–Crippen MR) is 126 cm³/mol. The van der Waals surface area contributed by atoms with Gasteiger partial charge >= 0.3 is 0 Å². The van der Waals surface area contributed by atoms with Gasteiger partial charge in [-0.3, -0.25) is 0 Å². The summed E-state index contributed by atoms with van der Waals surface area (Å²) in [5.74, 6) is -0.241. The van der Waals surface area contributed by atoms with Crippen molar-refractivity contribution in [3.63, 3.8) is 0 Å². The number of fused-ring (bicyclic) bond motifs is 1. The largest absolute Gasteiger partial charge is 0.357 e. The molecular weight excluding hydrogens is 385 g/mol. The zero-order valence-electron chi connectivity index (χ0n) is 16.8. The van der Waals surface area contributed by atoms with E-state index in [-0.39, 0.29) is 5.78 Å². The molecule has 1 unspecified atom stereocenters. The summed E-state index contributed by atoms with van der Waals surface area (Å²) in [4.78, 5) is 2.35. The molecule has 0 radical (unpaired) electrons. The van der Waals surface area contributed by atoms with Crippen LogP contribution in [0.1, 0.15) is 16.9 Å². The SMILES string of the molecule is O=P(c1ccccc1)(c1ccccc1)C1c2ccccc2CCN1c1ccccc1. The van der Waals surface area contributed by atoms with Gasteiger partial charge in [0.2, 0.25) is 0 Å². The van der Waals surface area contributed by atoms with E-state index in [0.29, 0.717) is 0 Å². The summed E-state index contributed by atoms with van der Waals surface area (Å²) in [6.07, 6.45) is 0.950. The first-order valence-corrected chi connectivity index (χ1v) is 12.2. The first-order chi connectivity index (χ1) is 14.8. The van der Waals surface area contributed by atoms with E-state index in [1.807, 2.05) is 66.7 Å². The van der Waals surface area contributed by atoms with Crippen LogP contribution in [0.3, 0.4) is 0 Å². The smallest absolute Gasteiger partial charge is 0.168 e. The Labute approximate surface area is 178 Å². The number of hydrogen-bond donors (Lipinski definition) is 0. The zero-order chi connectivity index (χ0) is 20.4. The molecule has 1 atom stereocenters. The van der Waals surface area contributed by atoms with Gasteiger partial charge in [-0.05, 0) is 29.7 Å². The quantitative estimate of drug-likeness (QED) is 0.399. The number of para-hydroxylation sites is 1. The predicted octanol–water partition coefficient (Wildman–Crippen LogP) is 5.76. The van der Waals surface area contributed by atoms with Crippen molar-refractivity contribution in [2.45, 2.75) is 12.2 Å². The van der Waals surface area contributed by atoms with Crippen molar-refractivity contribution in [3.05, 3.63) is 126 Å². The Morgan fingerprint density at radius 3 is 1.73 bits per heavy atom. The summed E-state index contributed by atoms with van der Waals surface area (Å²) in [6.45, 7) is 0.843. The lowest BCUT2D eigenvalue weighted by atomic mass is 9.99. The molecular formula is C27H24NOP. The Bertz CT molecular complexity index is 1130. The third kappa shape index (κ3) is 3.18. The van der Waals surface area contributed by atoms with Gasteiger partial charge in [-0.25, -0.2) is 0 Å². The summed E-state index contributed by atoms with van der Waals surface area (Å²) in [5, 5.41) is 1.80. The van der Waals surface area contributed by atoms with E-state index in [9.17, 15) is 0 Å². The van der Waals surface area contributed by atoms with Crippen LogP contribution in [-0.4, -0.2) is 6.54 Å². The Kier molecular flexibility index (Phi) is 5.02. The van der Waals surface area contributed by atoms with Crippen LogP contribution >= 0.6 is 7.14 Å². The molecule has 1 heterocycles. The summed E-state index contributed by atoms with van der Waals surface area (Å²) >= 11 is 0. The molecule has 0 fully saturated rings. The number of nitrogens with zero attached hydrogens (tertiary/aromatic N) is 1. The molecule has 0 saturated heterocycles. The van der Waals surface area contributed by atoms with Gasteiger partial charge in [-0.1, -0.05) is 103 Å². The van der Waals surface area contributed by atoms with Gasteiger partial charge in [0.25, 0.3) is 0 Å². The van der Waals surface area contributed by atoms with Crippen molar-refractivity contribution in [1.29, 1.82) is 0 Å². The van der Waals surface area contributed by atoms with Gasteiger partial charge in [0.1, 0.15) is 5.78 Å². The molecule has 0 spiro atoms. The average molecular weight is 409 g/mol. The van der Waals surface area contributed by atoms with Gasteiger partial charge in [0, 0.05) is 22.8 Å². The number of anilines is 1. The molecule has 0 bridgehead atoms. The van der Waals surface area contributed by atoms with E-state index < -0.39 is 7.14 Å². The molecule has 0 aliphatic carbocycles. The molecule has 30 heavy (non-hydrogen) atoms. The van der Waals surface area contributed by atoms with Crippen LogP contribution in [0.25, 0.3) is 0 Å². The highest BCUT2D eigenvalue weighted by atomic mass is 31.2. The Balaban J connectivity index is 1.80. The van der Waals surface area contributed by atoms with Gasteiger partial charge in [0.05, 0.1) is 0 Å². The maximum Gasteiger partial charge on any atom is 0.168 e. The summed E-state index contributed by atoms with van der Waals surface area (Å²) in [5.41, 5.74) is 3.58. The number of benzene rings is 4. The molecule has 4 aromatic rings. The van der Waals surface area contributed by atoms with Gasteiger partial charge in [-0.15, -0.1) is 0 Å². The standard InChI is InChI=1S/C27H24NOP/c29-30(24-15-6-2-7-16-24,25-17-8-3-9-18-25)27-26-19-11-10-12-22(26)20-21-28(27)23-13-4-1-5-14-23/h1-19,27H,20-21H2. The number of rotatable bonds is 4.